The molecule has 3 aromatic rings. The number of fused-ring (bicyclic) bond motifs is 3. The number of pyridine rings is 1. The third-order valence-corrected chi connectivity index (χ3v) is 2.69. The molecule has 0 aliphatic carbocycles. The maximum atomic E-state index is 4.14. The molecular formula is C12H11N3. The van der Waals surface area contributed by atoms with Crippen molar-refractivity contribution in [1.29, 1.82) is 0 Å². The van der Waals surface area contributed by atoms with Crippen LogP contribution < -0.4 is 5.32 Å². The number of aromatic amines is 1. The SMILES string of the molecule is CNc1ccc2c(c1)[nH]c1ccncc12. The fourth-order valence-electron chi connectivity index (χ4n) is 1.90. The second kappa shape index (κ2) is 2.98. The van der Waals surface area contributed by atoms with E-state index in [0.29, 0.717) is 0 Å². The van der Waals surface area contributed by atoms with Crippen molar-refractivity contribution in [2.75, 3.05) is 12.4 Å². The molecule has 0 unspecified atom stereocenters. The number of nitrogens with zero attached hydrogens (tertiary/aromatic N) is 1. The number of anilines is 1. The zero-order chi connectivity index (χ0) is 10.3. The molecule has 1 aromatic carbocycles. The van der Waals surface area contributed by atoms with E-state index in [0.717, 1.165) is 16.7 Å². The normalized spacial score (nSPS) is 11.0. The van der Waals surface area contributed by atoms with Crippen LogP contribution in [0.3, 0.4) is 0 Å². The molecule has 0 aliphatic rings. The number of H-pyrrole nitrogens is 1. The first kappa shape index (κ1) is 8.29. The molecule has 15 heavy (non-hydrogen) atoms. The van der Waals surface area contributed by atoms with E-state index in [1.807, 2.05) is 19.3 Å². The third-order valence-electron chi connectivity index (χ3n) is 2.69. The summed E-state index contributed by atoms with van der Waals surface area (Å²) in [5.41, 5.74) is 3.39. The smallest absolute Gasteiger partial charge is 0.0495 e. The molecule has 2 heterocycles. The lowest BCUT2D eigenvalue weighted by Crippen LogP contribution is -1.86. The Morgan fingerprint density at radius 3 is 2.93 bits per heavy atom. The average molecular weight is 197 g/mol. The van der Waals surface area contributed by atoms with Gasteiger partial charge < -0.3 is 10.3 Å². The summed E-state index contributed by atoms with van der Waals surface area (Å²) in [4.78, 5) is 7.51. The molecule has 0 amide bonds. The van der Waals surface area contributed by atoms with Gasteiger partial charge in [0.2, 0.25) is 0 Å². The van der Waals surface area contributed by atoms with E-state index < -0.39 is 0 Å². The Balaban J connectivity index is 2.43. The molecule has 0 bridgehead atoms. The van der Waals surface area contributed by atoms with Gasteiger partial charge in [-0.1, -0.05) is 6.07 Å². The van der Waals surface area contributed by atoms with Gasteiger partial charge in [-0.25, -0.2) is 0 Å². The Bertz CT molecular complexity index is 625. The van der Waals surface area contributed by atoms with Crippen molar-refractivity contribution in [3.8, 4) is 0 Å². The molecule has 0 saturated heterocycles. The van der Waals surface area contributed by atoms with Crippen molar-refractivity contribution < 1.29 is 0 Å². The molecule has 0 radical (unpaired) electrons. The highest BCUT2D eigenvalue weighted by Crippen LogP contribution is 2.26. The highest BCUT2D eigenvalue weighted by atomic mass is 14.8. The van der Waals surface area contributed by atoms with Crippen molar-refractivity contribution in [2.45, 2.75) is 0 Å². The molecule has 3 heteroatoms. The molecule has 0 aliphatic heterocycles. The van der Waals surface area contributed by atoms with E-state index >= 15 is 0 Å². The lowest BCUT2D eigenvalue weighted by atomic mass is 10.2. The summed E-state index contributed by atoms with van der Waals surface area (Å²) in [6.07, 6.45) is 3.70. The van der Waals surface area contributed by atoms with Gasteiger partial charge in [-0.05, 0) is 18.2 Å². The van der Waals surface area contributed by atoms with Gasteiger partial charge in [-0.3, -0.25) is 4.98 Å². The molecule has 74 valence electrons. The van der Waals surface area contributed by atoms with Crippen LogP contribution in [-0.2, 0) is 0 Å². The fraction of sp³-hybridized carbons (Fsp3) is 0.0833. The largest absolute Gasteiger partial charge is 0.388 e. The second-order valence-corrected chi connectivity index (χ2v) is 3.56. The lowest BCUT2D eigenvalue weighted by Gasteiger charge is -1.98. The second-order valence-electron chi connectivity index (χ2n) is 3.56. The first-order valence-electron chi connectivity index (χ1n) is 4.92. The van der Waals surface area contributed by atoms with Crippen LogP contribution in [0.2, 0.25) is 0 Å². The zero-order valence-electron chi connectivity index (χ0n) is 8.41. The Hall–Kier alpha value is -2.03. The maximum absolute atomic E-state index is 4.14. The van der Waals surface area contributed by atoms with Crippen LogP contribution in [0.25, 0.3) is 21.8 Å². The maximum Gasteiger partial charge on any atom is 0.0495 e. The molecule has 0 spiro atoms. The van der Waals surface area contributed by atoms with Crippen LogP contribution in [0.1, 0.15) is 0 Å². The third kappa shape index (κ3) is 1.16. The summed E-state index contributed by atoms with van der Waals surface area (Å²) in [7, 11) is 1.92. The van der Waals surface area contributed by atoms with Gasteiger partial charge in [0.25, 0.3) is 0 Å². The van der Waals surface area contributed by atoms with Gasteiger partial charge in [0.05, 0.1) is 0 Å². The Morgan fingerprint density at radius 1 is 1.13 bits per heavy atom. The summed E-state index contributed by atoms with van der Waals surface area (Å²) in [6, 6.07) is 8.29. The predicted molar refractivity (Wildman–Crippen MR) is 63.1 cm³/mol. The number of benzene rings is 1. The van der Waals surface area contributed by atoms with Crippen LogP contribution in [0.4, 0.5) is 5.69 Å². The van der Waals surface area contributed by atoms with E-state index in [2.05, 4.69) is 33.5 Å². The first-order valence-corrected chi connectivity index (χ1v) is 4.92. The number of nitrogens with one attached hydrogen (secondary N) is 2. The quantitative estimate of drug-likeness (QED) is 0.629. The first-order chi connectivity index (χ1) is 7.38. The van der Waals surface area contributed by atoms with Crippen LogP contribution >= 0.6 is 0 Å². The number of aromatic nitrogens is 2. The lowest BCUT2D eigenvalue weighted by molar-refractivity contribution is 1.36. The molecule has 2 N–H and O–H groups in total. The van der Waals surface area contributed by atoms with E-state index in [-0.39, 0.29) is 0 Å². The van der Waals surface area contributed by atoms with E-state index in [1.54, 1.807) is 6.20 Å². The Morgan fingerprint density at radius 2 is 2.07 bits per heavy atom. The van der Waals surface area contributed by atoms with Crippen LogP contribution in [0.5, 0.6) is 0 Å². The molecule has 2 aromatic heterocycles. The van der Waals surface area contributed by atoms with Crippen molar-refractivity contribution in [3.05, 3.63) is 36.7 Å². The van der Waals surface area contributed by atoms with Crippen molar-refractivity contribution in [1.82, 2.24) is 9.97 Å². The topological polar surface area (TPSA) is 40.7 Å². The number of hydrogen-bond acceptors (Lipinski definition) is 2. The van der Waals surface area contributed by atoms with E-state index in [4.69, 9.17) is 0 Å². The minimum atomic E-state index is 1.11. The molecule has 0 atom stereocenters. The van der Waals surface area contributed by atoms with E-state index in [1.165, 1.54) is 10.8 Å². The molecule has 3 rings (SSSR count). The Kier molecular flexibility index (Phi) is 1.65. The molecule has 0 fully saturated rings. The summed E-state index contributed by atoms with van der Waals surface area (Å²) in [5.74, 6) is 0. The predicted octanol–water partition coefficient (Wildman–Crippen LogP) is 2.76. The summed E-state index contributed by atoms with van der Waals surface area (Å²) < 4.78 is 0. The van der Waals surface area contributed by atoms with Crippen LogP contribution in [0.15, 0.2) is 36.7 Å². The van der Waals surface area contributed by atoms with Gasteiger partial charge in [-0.15, -0.1) is 0 Å². The monoisotopic (exact) mass is 197 g/mol. The number of rotatable bonds is 1. The average Bonchev–Trinajstić information content (AvgIpc) is 2.66. The molecule has 3 nitrogen and oxygen atoms in total. The highest BCUT2D eigenvalue weighted by Gasteiger charge is 2.03. The van der Waals surface area contributed by atoms with Gasteiger partial charge in [-0.2, -0.15) is 0 Å². The minimum absolute atomic E-state index is 1.11. The van der Waals surface area contributed by atoms with Gasteiger partial charge >= 0.3 is 0 Å². The summed E-state index contributed by atoms with van der Waals surface area (Å²) in [5, 5.41) is 5.52. The van der Waals surface area contributed by atoms with Gasteiger partial charge in [0.1, 0.15) is 0 Å². The molecule has 0 saturated carbocycles. The fourth-order valence-corrected chi connectivity index (χ4v) is 1.90. The minimum Gasteiger partial charge on any atom is -0.388 e. The van der Waals surface area contributed by atoms with Crippen LogP contribution in [0, 0.1) is 0 Å². The van der Waals surface area contributed by atoms with Crippen molar-refractivity contribution in [3.63, 3.8) is 0 Å². The zero-order valence-corrected chi connectivity index (χ0v) is 8.41. The van der Waals surface area contributed by atoms with Gasteiger partial charge in [0, 0.05) is 46.9 Å². The summed E-state index contributed by atoms with van der Waals surface area (Å²) in [6.45, 7) is 0. The van der Waals surface area contributed by atoms with E-state index in [9.17, 15) is 0 Å². The van der Waals surface area contributed by atoms with Crippen LogP contribution in [-0.4, -0.2) is 17.0 Å². The van der Waals surface area contributed by atoms with Crippen molar-refractivity contribution in [2.24, 2.45) is 0 Å². The van der Waals surface area contributed by atoms with Crippen molar-refractivity contribution >= 4 is 27.5 Å². The standard InChI is InChI=1S/C12H11N3/c1-13-8-2-3-9-10-7-14-5-4-11(10)15-12(9)6-8/h2-7,13,15H,1H3. The van der Waals surface area contributed by atoms with Gasteiger partial charge in [0.15, 0.2) is 0 Å². The summed E-state index contributed by atoms with van der Waals surface area (Å²) >= 11 is 0. The molecular weight excluding hydrogens is 186 g/mol. The highest BCUT2D eigenvalue weighted by molar-refractivity contribution is 6.07. The Labute approximate surface area is 87.1 Å². The number of hydrogen-bond donors (Lipinski definition) is 2.